The molecule has 0 radical (unpaired) electrons. The van der Waals surface area contributed by atoms with E-state index in [1.165, 1.54) is 0 Å². The zero-order valence-corrected chi connectivity index (χ0v) is 15.0. The van der Waals surface area contributed by atoms with Crippen LogP contribution in [0.1, 0.15) is 48.4 Å². The fourth-order valence-corrected chi connectivity index (χ4v) is 3.67. The highest BCUT2D eigenvalue weighted by Crippen LogP contribution is 2.36. The van der Waals surface area contributed by atoms with Crippen molar-refractivity contribution in [1.29, 1.82) is 0 Å². The van der Waals surface area contributed by atoms with E-state index < -0.39 is 5.60 Å². The molecule has 1 aromatic carbocycles. The van der Waals surface area contributed by atoms with Crippen molar-refractivity contribution >= 4 is 5.91 Å². The van der Waals surface area contributed by atoms with Gasteiger partial charge in [0.15, 0.2) is 0 Å². The zero-order valence-electron chi connectivity index (χ0n) is 15.0. The van der Waals surface area contributed by atoms with E-state index in [-0.39, 0.29) is 11.9 Å². The van der Waals surface area contributed by atoms with Crippen LogP contribution in [-0.2, 0) is 12.0 Å². The van der Waals surface area contributed by atoms with E-state index in [9.17, 15) is 9.90 Å². The molecule has 0 saturated carbocycles. The predicted octanol–water partition coefficient (Wildman–Crippen LogP) is 3.36. The number of methoxy groups -OCH3 is 1. The molecule has 0 spiro atoms. The van der Waals surface area contributed by atoms with Gasteiger partial charge in [-0.1, -0.05) is 19.1 Å². The van der Waals surface area contributed by atoms with Crippen molar-refractivity contribution in [2.75, 3.05) is 13.7 Å². The van der Waals surface area contributed by atoms with Crippen LogP contribution in [0.3, 0.4) is 0 Å². The highest BCUT2D eigenvalue weighted by molar-refractivity contribution is 5.95. The Morgan fingerprint density at radius 1 is 1.36 bits per heavy atom. The van der Waals surface area contributed by atoms with E-state index in [1.54, 1.807) is 31.3 Å². The number of aliphatic hydroxyl groups is 1. The number of aryl methyl sites for hydroxylation is 1. The van der Waals surface area contributed by atoms with Crippen LogP contribution in [0, 0.1) is 0 Å². The lowest BCUT2D eigenvalue weighted by Gasteiger charge is -2.37. The van der Waals surface area contributed by atoms with E-state index >= 15 is 0 Å². The van der Waals surface area contributed by atoms with E-state index in [0.717, 1.165) is 24.2 Å². The summed E-state index contributed by atoms with van der Waals surface area (Å²) >= 11 is 0. The molecule has 0 bridgehead atoms. The Balaban J connectivity index is 1.88. The number of amides is 1. The average molecular weight is 343 g/mol. The van der Waals surface area contributed by atoms with Crippen LogP contribution in [0.5, 0.6) is 5.75 Å². The summed E-state index contributed by atoms with van der Waals surface area (Å²) < 4.78 is 10.6. The Morgan fingerprint density at radius 3 is 2.72 bits per heavy atom. The molecular weight excluding hydrogens is 318 g/mol. The maximum absolute atomic E-state index is 13.0. The normalized spacial score (nSPS) is 19.7. The van der Waals surface area contributed by atoms with E-state index in [0.29, 0.717) is 24.3 Å². The molecular formula is C20H25NO4. The van der Waals surface area contributed by atoms with Gasteiger partial charge in [0.05, 0.1) is 25.0 Å². The second-order valence-electron chi connectivity index (χ2n) is 6.64. The van der Waals surface area contributed by atoms with Crippen molar-refractivity contribution in [2.45, 2.75) is 44.8 Å². The summed E-state index contributed by atoms with van der Waals surface area (Å²) in [6.07, 6.45) is 3.87. The molecule has 1 aliphatic heterocycles. The Morgan fingerprint density at radius 2 is 2.08 bits per heavy atom. The summed E-state index contributed by atoms with van der Waals surface area (Å²) in [4.78, 5) is 14.8. The number of likely N-dealkylation sites (tertiary alicyclic amines) is 1. The first-order chi connectivity index (χ1) is 12.0. The molecule has 2 heterocycles. The zero-order chi connectivity index (χ0) is 18.0. The van der Waals surface area contributed by atoms with E-state index in [1.807, 2.05) is 31.2 Å². The van der Waals surface area contributed by atoms with Gasteiger partial charge in [-0.25, -0.2) is 0 Å². The second kappa shape index (κ2) is 6.92. The fourth-order valence-electron chi connectivity index (χ4n) is 3.67. The fraction of sp³-hybridized carbons (Fsp3) is 0.450. The third-order valence-corrected chi connectivity index (χ3v) is 5.13. The number of hydrogen-bond acceptors (Lipinski definition) is 4. The van der Waals surface area contributed by atoms with Gasteiger partial charge in [0.25, 0.3) is 5.91 Å². The lowest BCUT2D eigenvalue weighted by Crippen LogP contribution is -2.48. The van der Waals surface area contributed by atoms with Crippen LogP contribution in [0.2, 0.25) is 0 Å². The highest BCUT2D eigenvalue weighted by Gasteiger charge is 2.43. The van der Waals surface area contributed by atoms with Gasteiger partial charge in [0.1, 0.15) is 17.1 Å². The molecule has 1 amide bonds. The number of rotatable bonds is 5. The smallest absolute Gasteiger partial charge is 0.257 e. The molecule has 1 aromatic heterocycles. The maximum Gasteiger partial charge on any atom is 0.257 e. The van der Waals surface area contributed by atoms with E-state index in [2.05, 4.69) is 0 Å². The molecule has 3 rings (SSSR count). The minimum Gasteiger partial charge on any atom is -0.497 e. The monoisotopic (exact) mass is 343 g/mol. The number of furan rings is 1. The van der Waals surface area contributed by atoms with Crippen LogP contribution in [-0.4, -0.2) is 35.6 Å². The van der Waals surface area contributed by atoms with Crippen LogP contribution in [0.15, 0.2) is 41.0 Å². The van der Waals surface area contributed by atoms with Gasteiger partial charge in [-0.3, -0.25) is 4.79 Å². The quantitative estimate of drug-likeness (QED) is 0.904. The van der Waals surface area contributed by atoms with Crippen molar-refractivity contribution in [3.05, 3.63) is 53.5 Å². The molecule has 0 aliphatic carbocycles. The molecule has 1 saturated heterocycles. The summed E-state index contributed by atoms with van der Waals surface area (Å²) in [5.41, 5.74) is 0.245. The Kier molecular flexibility index (Phi) is 4.86. The van der Waals surface area contributed by atoms with Gasteiger partial charge in [0, 0.05) is 13.0 Å². The average Bonchev–Trinajstić information content (AvgIpc) is 3.30. The molecule has 0 unspecified atom stereocenters. The molecule has 2 atom stereocenters. The summed E-state index contributed by atoms with van der Waals surface area (Å²) in [6.45, 7) is 4.38. The topological polar surface area (TPSA) is 62.9 Å². The summed E-state index contributed by atoms with van der Waals surface area (Å²) in [6, 6.07) is 8.82. The number of nitrogens with zero attached hydrogens (tertiary/aromatic N) is 1. The number of hydrogen-bond donors (Lipinski definition) is 1. The van der Waals surface area contributed by atoms with Crippen molar-refractivity contribution in [3.63, 3.8) is 0 Å². The van der Waals surface area contributed by atoms with E-state index in [4.69, 9.17) is 9.15 Å². The van der Waals surface area contributed by atoms with Gasteiger partial charge >= 0.3 is 0 Å². The SMILES string of the molecule is CCc1occc1C(=O)N1CCC[C@@H]1[C@@](C)(O)c1ccc(OC)cc1. The summed E-state index contributed by atoms with van der Waals surface area (Å²) in [5, 5.41) is 11.2. The van der Waals surface area contributed by atoms with Crippen LogP contribution >= 0.6 is 0 Å². The molecule has 1 aliphatic rings. The maximum atomic E-state index is 13.0. The number of carbonyl (C=O) groups is 1. The first-order valence-electron chi connectivity index (χ1n) is 8.73. The third-order valence-electron chi connectivity index (χ3n) is 5.13. The number of ether oxygens (including phenoxy) is 1. The largest absolute Gasteiger partial charge is 0.497 e. The summed E-state index contributed by atoms with van der Waals surface area (Å²) in [5.74, 6) is 1.37. The molecule has 1 fully saturated rings. The lowest BCUT2D eigenvalue weighted by atomic mass is 9.86. The first-order valence-corrected chi connectivity index (χ1v) is 8.73. The molecule has 1 N–H and O–H groups in total. The van der Waals surface area contributed by atoms with Crippen LogP contribution in [0.25, 0.3) is 0 Å². The molecule has 2 aromatic rings. The lowest BCUT2D eigenvalue weighted by molar-refractivity contribution is -0.0178. The number of carbonyl (C=O) groups excluding carboxylic acids is 1. The minimum absolute atomic E-state index is 0.0677. The van der Waals surface area contributed by atoms with Gasteiger partial charge < -0.3 is 19.2 Å². The molecule has 25 heavy (non-hydrogen) atoms. The first kappa shape index (κ1) is 17.5. The highest BCUT2D eigenvalue weighted by atomic mass is 16.5. The molecule has 134 valence electrons. The Bertz CT molecular complexity index is 732. The Labute approximate surface area is 148 Å². The van der Waals surface area contributed by atoms with Crippen molar-refractivity contribution in [2.24, 2.45) is 0 Å². The number of benzene rings is 1. The van der Waals surface area contributed by atoms with Gasteiger partial charge in [-0.05, 0) is 43.5 Å². The van der Waals surface area contributed by atoms with Crippen LogP contribution in [0.4, 0.5) is 0 Å². The third kappa shape index (κ3) is 3.16. The van der Waals surface area contributed by atoms with Crippen molar-refractivity contribution < 1.29 is 19.1 Å². The van der Waals surface area contributed by atoms with Crippen molar-refractivity contribution in [1.82, 2.24) is 4.90 Å². The minimum atomic E-state index is -1.13. The van der Waals surface area contributed by atoms with Crippen LogP contribution < -0.4 is 4.74 Å². The second-order valence-corrected chi connectivity index (χ2v) is 6.64. The predicted molar refractivity (Wildman–Crippen MR) is 94.7 cm³/mol. The van der Waals surface area contributed by atoms with Crippen molar-refractivity contribution in [3.8, 4) is 5.75 Å². The van der Waals surface area contributed by atoms with Gasteiger partial charge in [-0.2, -0.15) is 0 Å². The molecule has 5 heteroatoms. The van der Waals surface area contributed by atoms with Gasteiger partial charge in [0.2, 0.25) is 0 Å². The summed E-state index contributed by atoms with van der Waals surface area (Å²) in [7, 11) is 1.61. The molecule has 5 nitrogen and oxygen atoms in total. The van der Waals surface area contributed by atoms with Gasteiger partial charge in [-0.15, -0.1) is 0 Å². The standard InChI is InChI=1S/C20H25NO4/c1-4-17-16(11-13-25-17)19(22)21-12-5-6-18(21)20(2,23)14-7-9-15(24-3)10-8-14/h7-11,13,18,23H,4-6,12H2,1-3H3/t18-,20+/m1/s1. The Hall–Kier alpha value is -2.27.